The third-order valence-electron chi connectivity index (χ3n) is 3.52. The zero-order valence-corrected chi connectivity index (χ0v) is 11.5. The molecule has 1 unspecified atom stereocenters. The lowest BCUT2D eigenvalue weighted by molar-refractivity contribution is -0.119. The van der Waals surface area contributed by atoms with Gasteiger partial charge in [-0.15, -0.1) is 0 Å². The Balaban J connectivity index is 1.71. The molecule has 1 N–H and O–H groups in total. The van der Waals surface area contributed by atoms with Crippen LogP contribution in [0.15, 0.2) is 42.5 Å². The summed E-state index contributed by atoms with van der Waals surface area (Å²) in [6.07, 6.45) is 0.954. The van der Waals surface area contributed by atoms with Gasteiger partial charge in [0.2, 0.25) is 0 Å². The van der Waals surface area contributed by atoms with E-state index in [0.29, 0.717) is 6.42 Å². The van der Waals surface area contributed by atoms with E-state index in [1.54, 1.807) is 6.07 Å². The number of Topliss-reactive ketones (excluding diaryl/α,β-unsaturated/α-hetero) is 1. The van der Waals surface area contributed by atoms with E-state index in [-0.39, 0.29) is 23.3 Å². The number of hydrogen-bond donors (Lipinski definition) is 1. The Bertz CT molecular complexity index is 646. The molecule has 2 aromatic rings. The van der Waals surface area contributed by atoms with E-state index < -0.39 is 5.82 Å². The predicted octanol–water partition coefficient (Wildman–Crippen LogP) is 3.63. The molecule has 0 aliphatic carbocycles. The molecule has 2 nitrogen and oxygen atoms in total. The molecule has 0 fully saturated rings. The zero-order chi connectivity index (χ0) is 14.1. The molecule has 0 aromatic heterocycles. The summed E-state index contributed by atoms with van der Waals surface area (Å²) >= 11 is 5.73. The summed E-state index contributed by atoms with van der Waals surface area (Å²) in [6.45, 7) is 0. The summed E-state index contributed by atoms with van der Waals surface area (Å²) < 4.78 is 13.1. The largest absolute Gasteiger partial charge is 0.375 e. The maximum absolute atomic E-state index is 13.1. The molecular formula is C16H13ClFNO. The highest BCUT2D eigenvalue weighted by atomic mass is 35.5. The number of anilines is 1. The maximum Gasteiger partial charge on any atom is 0.159 e. The molecule has 1 aliphatic rings. The lowest BCUT2D eigenvalue weighted by Crippen LogP contribution is -2.28. The van der Waals surface area contributed by atoms with Gasteiger partial charge in [0.25, 0.3) is 0 Å². The van der Waals surface area contributed by atoms with Crippen LogP contribution < -0.4 is 5.32 Å². The van der Waals surface area contributed by atoms with Gasteiger partial charge in [-0.2, -0.15) is 0 Å². The Morgan fingerprint density at radius 1 is 1.30 bits per heavy atom. The quantitative estimate of drug-likeness (QED) is 0.935. The Morgan fingerprint density at radius 2 is 2.10 bits per heavy atom. The SMILES string of the molecule is O=C(Cc1ccc(F)c(Cl)c1)C1Cc2ccccc2N1. The van der Waals surface area contributed by atoms with Crippen LogP contribution in [0.4, 0.5) is 10.1 Å². The highest BCUT2D eigenvalue weighted by Crippen LogP contribution is 2.26. The molecule has 0 amide bonds. The summed E-state index contributed by atoms with van der Waals surface area (Å²) in [4.78, 5) is 12.3. The molecule has 1 heterocycles. The van der Waals surface area contributed by atoms with Crippen LogP contribution in [-0.4, -0.2) is 11.8 Å². The minimum Gasteiger partial charge on any atom is -0.375 e. The Labute approximate surface area is 121 Å². The fraction of sp³-hybridized carbons (Fsp3) is 0.188. The number of carbonyl (C=O) groups is 1. The number of benzene rings is 2. The first-order chi connectivity index (χ1) is 9.63. The summed E-state index contributed by atoms with van der Waals surface area (Å²) in [6, 6.07) is 12.1. The molecule has 1 atom stereocenters. The Kier molecular flexibility index (Phi) is 3.45. The molecule has 1 aliphatic heterocycles. The van der Waals surface area contributed by atoms with Gasteiger partial charge in [0.1, 0.15) is 5.82 Å². The number of carbonyl (C=O) groups excluding carboxylic acids is 1. The molecule has 0 spiro atoms. The molecule has 0 saturated carbocycles. The lowest BCUT2D eigenvalue weighted by atomic mass is 10.0. The topological polar surface area (TPSA) is 29.1 Å². The second kappa shape index (κ2) is 5.25. The Hall–Kier alpha value is -1.87. The maximum atomic E-state index is 13.1. The standard InChI is InChI=1S/C16H13ClFNO/c17-12-7-10(5-6-13(12)18)8-16(20)15-9-11-3-1-2-4-14(11)19-15/h1-7,15,19H,8-9H2. The van der Waals surface area contributed by atoms with E-state index in [4.69, 9.17) is 11.6 Å². The van der Waals surface area contributed by atoms with Gasteiger partial charge in [-0.1, -0.05) is 35.9 Å². The highest BCUT2D eigenvalue weighted by Gasteiger charge is 2.26. The first-order valence-electron chi connectivity index (χ1n) is 6.44. The van der Waals surface area contributed by atoms with Gasteiger partial charge in [-0.3, -0.25) is 4.79 Å². The van der Waals surface area contributed by atoms with Gasteiger partial charge in [0.05, 0.1) is 11.1 Å². The molecule has 102 valence electrons. The van der Waals surface area contributed by atoms with Crippen molar-refractivity contribution in [3.05, 3.63) is 64.4 Å². The monoisotopic (exact) mass is 289 g/mol. The van der Waals surface area contributed by atoms with Gasteiger partial charge >= 0.3 is 0 Å². The second-order valence-corrected chi connectivity index (χ2v) is 5.36. The first kappa shape index (κ1) is 13.1. The molecular weight excluding hydrogens is 277 g/mol. The molecule has 0 radical (unpaired) electrons. The van der Waals surface area contributed by atoms with Crippen molar-refractivity contribution in [1.82, 2.24) is 0 Å². The molecule has 0 bridgehead atoms. The minimum atomic E-state index is -0.464. The molecule has 4 heteroatoms. The van der Waals surface area contributed by atoms with Gasteiger partial charge in [-0.05, 0) is 29.3 Å². The van der Waals surface area contributed by atoms with E-state index >= 15 is 0 Å². The summed E-state index contributed by atoms with van der Waals surface area (Å²) in [7, 11) is 0. The minimum absolute atomic E-state index is 0.0537. The van der Waals surface area contributed by atoms with E-state index in [2.05, 4.69) is 5.32 Å². The van der Waals surface area contributed by atoms with Gasteiger partial charge < -0.3 is 5.32 Å². The number of ketones is 1. The number of nitrogens with one attached hydrogen (secondary N) is 1. The number of halogens is 2. The highest BCUT2D eigenvalue weighted by molar-refractivity contribution is 6.30. The van der Waals surface area contributed by atoms with Crippen LogP contribution in [-0.2, 0) is 17.6 Å². The summed E-state index contributed by atoms with van der Waals surface area (Å²) in [5.41, 5.74) is 2.91. The van der Waals surface area contributed by atoms with Crippen LogP contribution in [0.1, 0.15) is 11.1 Å². The van der Waals surface area contributed by atoms with Crippen LogP contribution in [0, 0.1) is 5.82 Å². The summed E-state index contributed by atoms with van der Waals surface area (Å²) in [5, 5.41) is 3.28. The van der Waals surface area contributed by atoms with Crippen molar-refractivity contribution < 1.29 is 9.18 Å². The fourth-order valence-electron chi connectivity index (χ4n) is 2.47. The van der Waals surface area contributed by atoms with Crippen molar-refractivity contribution in [1.29, 1.82) is 0 Å². The second-order valence-electron chi connectivity index (χ2n) is 4.95. The van der Waals surface area contributed by atoms with E-state index in [0.717, 1.165) is 16.8 Å². The van der Waals surface area contributed by atoms with Crippen molar-refractivity contribution >= 4 is 23.1 Å². The number of fused-ring (bicyclic) bond motifs is 1. The van der Waals surface area contributed by atoms with Crippen LogP contribution in [0.5, 0.6) is 0 Å². The fourth-order valence-corrected chi connectivity index (χ4v) is 2.67. The average molecular weight is 290 g/mol. The van der Waals surface area contributed by atoms with Gasteiger partial charge in [0, 0.05) is 18.5 Å². The average Bonchev–Trinajstić information content (AvgIpc) is 2.87. The normalized spacial score (nSPS) is 16.6. The molecule has 3 rings (SSSR count). The Morgan fingerprint density at radius 3 is 2.85 bits per heavy atom. The van der Waals surface area contributed by atoms with Crippen LogP contribution in [0.2, 0.25) is 5.02 Å². The van der Waals surface area contributed by atoms with Crippen LogP contribution in [0.25, 0.3) is 0 Å². The van der Waals surface area contributed by atoms with E-state index in [1.165, 1.54) is 12.1 Å². The smallest absolute Gasteiger partial charge is 0.159 e. The van der Waals surface area contributed by atoms with Crippen molar-refractivity contribution in [3.63, 3.8) is 0 Å². The van der Waals surface area contributed by atoms with E-state index in [9.17, 15) is 9.18 Å². The van der Waals surface area contributed by atoms with Gasteiger partial charge in [-0.25, -0.2) is 4.39 Å². The number of rotatable bonds is 3. The lowest BCUT2D eigenvalue weighted by Gasteiger charge is -2.10. The molecule has 20 heavy (non-hydrogen) atoms. The van der Waals surface area contributed by atoms with Crippen LogP contribution >= 0.6 is 11.6 Å². The van der Waals surface area contributed by atoms with Crippen molar-refractivity contribution in [2.75, 3.05) is 5.32 Å². The zero-order valence-electron chi connectivity index (χ0n) is 10.7. The van der Waals surface area contributed by atoms with E-state index in [1.807, 2.05) is 24.3 Å². The van der Waals surface area contributed by atoms with Crippen molar-refractivity contribution in [3.8, 4) is 0 Å². The number of hydrogen-bond acceptors (Lipinski definition) is 2. The number of para-hydroxylation sites is 1. The predicted molar refractivity (Wildman–Crippen MR) is 77.7 cm³/mol. The summed E-state index contributed by atoms with van der Waals surface area (Å²) in [5.74, 6) is -0.377. The third kappa shape index (κ3) is 2.54. The third-order valence-corrected chi connectivity index (χ3v) is 3.81. The molecule has 0 saturated heterocycles. The van der Waals surface area contributed by atoms with Crippen molar-refractivity contribution in [2.45, 2.75) is 18.9 Å². The molecule has 2 aromatic carbocycles. The van der Waals surface area contributed by atoms with Gasteiger partial charge in [0.15, 0.2) is 5.78 Å². The first-order valence-corrected chi connectivity index (χ1v) is 6.82. The van der Waals surface area contributed by atoms with Crippen LogP contribution in [0.3, 0.4) is 0 Å². The van der Waals surface area contributed by atoms with Crippen molar-refractivity contribution in [2.24, 2.45) is 0 Å².